The first-order chi connectivity index (χ1) is 30.1. The van der Waals surface area contributed by atoms with Crippen LogP contribution in [0.3, 0.4) is 0 Å². The van der Waals surface area contributed by atoms with Crippen LogP contribution in [0.2, 0.25) is 0 Å². The maximum absolute atomic E-state index is 9.99. The molecule has 0 aromatic carbocycles. The Morgan fingerprint density at radius 1 is 0.318 bits per heavy atom. The van der Waals surface area contributed by atoms with Gasteiger partial charge >= 0.3 is 0 Å². The van der Waals surface area contributed by atoms with Gasteiger partial charge in [0.15, 0.2) is 0 Å². The molecule has 0 bridgehead atoms. The maximum atomic E-state index is 9.99. The molecule has 0 aromatic heterocycles. The molecule has 390 valence electrons. The number of rotatable bonds is 36. The van der Waals surface area contributed by atoms with Crippen LogP contribution >= 0.6 is 0 Å². The van der Waals surface area contributed by atoms with Crippen molar-refractivity contribution in [2.45, 2.75) is 92.5 Å². The molecule has 0 aliphatic heterocycles. The van der Waals surface area contributed by atoms with Crippen LogP contribution in [0.15, 0.2) is 0 Å². The SMILES string of the molecule is [CH2-]OCC(O)C(O)COC1CC(OCC(O)C(O)CO[CH2-])CC(OCC(O)C(O)CO[CH2-])C1.[CH2-]OCC(O)COCCO.[CH2-]OCC(O)COCCO.[CH2-]OCC(O)COCCO.[Rf].[Rf].[Rf]. The number of hydrogen-bond donors (Lipinski definition) is 12. The topological polar surface area (TPSA) is 354 Å². The van der Waals surface area contributed by atoms with Gasteiger partial charge < -0.3 is 118 Å². The quantitative estimate of drug-likeness (QED) is 0.0208. The van der Waals surface area contributed by atoms with Crippen molar-refractivity contribution in [1.29, 1.82) is 0 Å². The van der Waals surface area contributed by atoms with E-state index in [4.69, 9.17) is 59.1 Å². The summed E-state index contributed by atoms with van der Waals surface area (Å²) in [6, 6.07) is 0. The van der Waals surface area contributed by atoms with Gasteiger partial charge in [-0.2, -0.15) is 0 Å². The van der Waals surface area contributed by atoms with Crippen molar-refractivity contribution >= 4 is 0 Å². The molecule has 0 spiro atoms. The Kier molecular flexibility index (Phi) is 58.0. The Morgan fingerprint density at radius 3 is 0.697 bits per heavy atom. The Morgan fingerprint density at radius 2 is 0.515 bits per heavy atom. The van der Waals surface area contributed by atoms with Crippen molar-refractivity contribution in [2.75, 3.05) is 119 Å². The van der Waals surface area contributed by atoms with E-state index in [2.05, 4.69) is 71.1 Å². The zero-order valence-electron chi connectivity index (χ0n) is 38.4. The summed E-state index contributed by atoms with van der Waals surface area (Å²) in [6.45, 7) is 0.690. The molecule has 0 heterocycles. The van der Waals surface area contributed by atoms with Crippen molar-refractivity contribution in [3.05, 3.63) is 42.7 Å². The molecule has 1 aliphatic carbocycles. The molecule has 27 heteroatoms. The fourth-order valence-electron chi connectivity index (χ4n) is 4.71. The van der Waals surface area contributed by atoms with E-state index in [0.29, 0.717) is 19.3 Å². The number of hydrogen-bond acceptors (Lipinski definition) is 24. The predicted molar refractivity (Wildman–Crippen MR) is 219 cm³/mol. The van der Waals surface area contributed by atoms with Gasteiger partial charge in [0.05, 0.1) is 116 Å². The molecule has 0 radical (unpaired) electrons. The molecule has 0 amide bonds. The molecule has 1 aliphatic rings. The predicted octanol–water partition coefficient (Wildman–Crippen LogP) is -4.59. The number of aliphatic hydroxyl groups excluding tert-OH is 12. The Balaban J connectivity index is -0.000000222. The monoisotopic (exact) mass is 1730 g/mol. The first-order valence-electron chi connectivity index (χ1n) is 19.9. The molecule has 12 N–H and O–H groups in total. The average molecular weight is 1730 g/mol. The summed E-state index contributed by atoms with van der Waals surface area (Å²) in [5.74, 6) is 0. The van der Waals surface area contributed by atoms with E-state index in [1.807, 2.05) is 0 Å². The van der Waals surface area contributed by atoms with E-state index in [0.717, 1.165) is 0 Å². The molecule has 66 heavy (non-hydrogen) atoms. The maximum Gasteiger partial charge on any atom is 0.105 e. The van der Waals surface area contributed by atoms with Gasteiger partial charge in [0, 0.05) is 39.6 Å². The Labute approximate surface area is 372 Å². The zero-order chi connectivity index (χ0) is 48.3. The third-order valence-electron chi connectivity index (χ3n) is 7.85. The minimum absolute atomic E-state index is 0. The van der Waals surface area contributed by atoms with Gasteiger partial charge in [-0.05, 0) is 19.3 Å². The van der Waals surface area contributed by atoms with Crippen LogP contribution in [0.5, 0.6) is 0 Å². The molecule has 9 atom stereocenters. The van der Waals surface area contributed by atoms with Gasteiger partial charge in [0.25, 0.3) is 0 Å². The van der Waals surface area contributed by atoms with Crippen molar-refractivity contribution < 1.29 is 118 Å². The Hall–Kier alpha value is -3.96. The second-order valence-electron chi connectivity index (χ2n) is 13.6. The molecule has 0 aromatic rings. The summed E-state index contributed by atoms with van der Waals surface area (Å²) in [6.07, 6.45) is -9.05. The minimum Gasteiger partial charge on any atom is -0.553 e. The third kappa shape index (κ3) is 45.2. The van der Waals surface area contributed by atoms with E-state index in [-0.39, 0.29) is 119 Å². The van der Waals surface area contributed by atoms with Crippen molar-refractivity contribution in [1.82, 2.24) is 0 Å². The zero-order valence-corrected chi connectivity index (χ0v) is 57.6. The van der Waals surface area contributed by atoms with Crippen LogP contribution in [0.25, 0.3) is 0 Å². The molecule has 24 nitrogen and oxygen atoms in total. The van der Waals surface area contributed by atoms with Gasteiger partial charge in [0.2, 0.25) is 0 Å². The van der Waals surface area contributed by atoms with Crippen LogP contribution < -0.4 is 0 Å². The first kappa shape index (κ1) is 73.6. The fourth-order valence-corrected chi connectivity index (χ4v) is 4.71. The van der Waals surface area contributed by atoms with Gasteiger partial charge in [-0.3, -0.25) is 0 Å². The fraction of sp³-hybridized carbons (Fsp3) is 0.846. The van der Waals surface area contributed by atoms with E-state index < -0.39 is 73.2 Å². The third-order valence-corrected chi connectivity index (χ3v) is 7.85. The summed E-state index contributed by atoms with van der Waals surface area (Å²) in [5.41, 5.74) is 0. The molecular weight excluding hydrogens is 1650 g/mol. The number of aliphatic hydroxyl groups is 12. The van der Waals surface area contributed by atoms with E-state index in [1.165, 1.54) is 0 Å². The van der Waals surface area contributed by atoms with E-state index >= 15 is 0 Å². The van der Waals surface area contributed by atoms with Gasteiger partial charge in [0.1, 0.15) is 36.6 Å². The minimum atomic E-state index is -1.19. The summed E-state index contributed by atoms with van der Waals surface area (Å²) in [7, 11) is 18.7. The summed E-state index contributed by atoms with van der Waals surface area (Å²) < 4.78 is 58.4. The van der Waals surface area contributed by atoms with E-state index in [9.17, 15) is 30.6 Å². The first-order valence-corrected chi connectivity index (χ1v) is 19.9. The van der Waals surface area contributed by atoms with Gasteiger partial charge in [-0.1, -0.05) is 0 Å². The molecule has 1 rings (SSSR count). The summed E-state index contributed by atoms with van der Waals surface area (Å²) in [5, 5.41) is 111. The standard InChI is InChI=1S/C21H39O12.3C6H13O4.3Rf/c1-28-7-16(22)19(25)10-31-13-4-14(32-11-20(26)17(23)8-29-2)6-15(5-13)33-12-21(27)18(24)9-30-3;3*1-9-4-6(8)5-10-3-2-7;;;/h13-27H,1-12H2;3*6-8H,1-5H2;;;/q-3;3*-1;;;. The second-order valence-corrected chi connectivity index (χ2v) is 13.6. The van der Waals surface area contributed by atoms with E-state index in [1.54, 1.807) is 0 Å². The second kappa shape index (κ2) is 52.0. The van der Waals surface area contributed by atoms with Crippen molar-refractivity contribution in [3.8, 4) is 0 Å². The smallest absolute Gasteiger partial charge is 0.105 e. The van der Waals surface area contributed by atoms with Crippen LogP contribution in [0, 0.1) is 42.7 Å². The van der Waals surface area contributed by atoms with Crippen LogP contribution in [-0.4, -0.2) is 253 Å². The summed E-state index contributed by atoms with van der Waals surface area (Å²) in [4.78, 5) is 0. The molecular formula is C39H78O24Rf3-6. The van der Waals surface area contributed by atoms with Crippen LogP contribution in [0.4, 0.5) is 0 Å². The van der Waals surface area contributed by atoms with Gasteiger partial charge in [-0.15, -0.1) is 0 Å². The molecule has 1 saturated carbocycles. The molecule has 1 fully saturated rings. The summed E-state index contributed by atoms with van der Waals surface area (Å²) >= 11 is 0. The molecule has 9 unspecified atom stereocenters. The Bertz CT molecular complexity index is 806. The largest absolute Gasteiger partial charge is 0.553 e. The van der Waals surface area contributed by atoms with Crippen LogP contribution in [-0.2, 0) is 56.8 Å². The molecule has 0 saturated heterocycles. The van der Waals surface area contributed by atoms with Crippen LogP contribution in [0.1, 0.15) is 19.3 Å². The average Bonchev–Trinajstić information content (AvgIpc) is 3.25. The van der Waals surface area contributed by atoms with Crippen molar-refractivity contribution in [2.24, 2.45) is 0 Å². The van der Waals surface area contributed by atoms with Gasteiger partial charge in [-0.25, -0.2) is 42.7 Å². The van der Waals surface area contributed by atoms with Crippen molar-refractivity contribution in [3.63, 3.8) is 0 Å². The number of ether oxygens (including phenoxy) is 12. The normalized spacial score (nSPS) is 19.6.